The smallest absolute Gasteiger partial charge is 0.335 e. The molecule has 2 atom stereocenters. The van der Waals surface area contributed by atoms with E-state index in [1.54, 1.807) is 6.92 Å². The van der Waals surface area contributed by atoms with Crippen LogP contribution in [0.15, 0.2) is 0 Å². The molecule has 0 fully saturated rings. The predicted molar refractivity (Wildman–Crippen MR) is 38.9 cm³/mol. The zero-order chi connectivity index (χ0) is 8.85. The van der Waals surface area contributed by atoms with Crippen LogP contribution in [0.2, 0.25) is 0 Å². The van der Waals surface area contributed by atoms with Crippen molar-refractivity contribution in [2.45, 2.75) is 32.5 Å². The molecule has 0 amide bonds. The topological polar surface area (TPSA) is 66.8 Å². The quantitative estimate of drug-likeness (QED) is 0.556. The van der Waals surface area contributed by atoms with Crippen molar-refractivity contribution in [1.29, 1.82) is 0 Å². The molecule has 0 aliphatic rings. The Bertz CT molecular complexity index is 122. The Morgan fingerprint density at radius 3 is 2.45 bits per heavy atom. The van der Waals surface area contributed by atoms with Crippen molar-refractivity contribution < 1.29 is 19.7 Å². The molecule has 0 heterocycles. The number of hydrogen-bond acceptors (Lipinski definition) is 4. The molecule has 0 saturated carbocycles. The van der Waals surface area contributed by atoms with Crippen LogP contribution in [0, 0.1) is 0 Å². The largest absolute Gasteiger partial charge is 0.464 e. The Hall–Kier alpha value is -0.610. The molecule has 0 aromatic rings. The van der Waals surface area contributed by atoms with Crippen LogP contribution in [0.1, 0.15) is 20.3 Å². The number of carbonyl (C=O) groups is 1. The standard InChI is InChI=1S/C7H14O4/c1-3-11-7(10)6(9)4-5(2)8/h5-6,8-9H,3-4H2,1-2H3/t5-,6-/m1/s1. The van der Waals surface area contributed by atoms with Gasteiger partial charge in [0.2, 0.25) is 0 Å². The van der Waals surface area contributed by atoms with Gasteiger partial charge in [0.15, 0.2) is 6.10 Å². The zero-order valence-electron chi connectivity index (χ0n) is 6.78. The van der Waals surface area contributed by atoms with Gasteiger partial charge in [-0.2, -0.15) is 0 Å². The Kier molecular flexibility index (Phi) is 4.81. The van der Waals surface area contributed by atoms with E-state index in [2.05, 4.69) is 4.74 Å². The van der Waals surface area contributed by atoms with Crippen molar-refractivity contribution in [2.75, 3.05) is 6.61 Å². The lowest BCUT2D eigenvalue weighted by Gasteiger charge is -2.10. The van der Waals surface area contributed by atoms with Gasteiger partial charge in [0.25, 0.3) is 0 Å². The van der Waals surface area contributed by atoms with Gasteiger partial charge in [-0.3, -0.25) is 0 Å². The first-order valence-electron chi connectivity index (χ1n) is 3.60. The van der Waals surface area contributed by atoms with E-state index < -0.39 is 18.2 Å². The molecule has 0 aliphatic carbocycles. The number of hydrogen-bond donors (Lipinski definition) is 2. The molecule has 0 aromatic carbocycles. The number of ether oxygens (including phenoxy) is 1. The highest BCUT2D eigenvalue weighted by atomic mass is 16.5. The highest BCUT2D eigenvalue weighted by molar-refractivity contribution is 5.74. The van der Waals surface area contributed by atoms with Crippen LogP contribution in [-0.4, -0.2) is 35.0 Å². The van der Waals surface area contributed by atoms with Crippen LogP contribution < -0.4 is 0 Å². The first-order valence-corrected chi connectivity index (χ1v) is 3.60. The summed E-state index contributed by atoms with van der Waals surface area (Å²) < 4.78 is 4.50. The summed E-state index contributed by atoms with van der Waals surface area (Å²) in [5, 5.41) is 17.8. The first kappa shape index (κ1) is 10.4. The van der Waals surface area contributed by atoms with Crippen LogP contribution in [0.4, 0.5) is 0 Å². The molecule has 66 valence electrons. The number of carbonyl (C=O) groups excluding carboxylic acids is 1. The van der Waals surface area contributed by atoms with Crippen LogP contribution >= 0.6 is 0 Å². The second-order valence-corrected chi connectivity index (χ2v) is 2.35. The second kappa shape index (κ2) is 5.09. The maximum absolute atomic E-state index is 10.7. The average Bonchev–Trinajstić information content (AvgIpc) is 1.86. The molecule has 4 nitrogen and oxygen atoms in total. The van der Waals surface area contributed by atoms with Gasteiger partial charge in [-0.05, 0) is 13.8 Å². The number of esters is 1. The fourth-order valence-corrected chi connectivity index (χ4v) is 0.658. The third-order valence-electron chi connectivity index (χ3n) is 1.12. The minimum Gasteiger partial charge on any atom is -0.464 e. The van der Waals surface area contributed by atoms with E-state index in [4.69, 9.17) is 10.2 Å². The van der Waals surface area contributed by atoms with Crippen LogP contribution in [0.3, 0.4) is 0 Å². The van der Waals surface area contributed by atoms with E-state index in [9.17, 15) is 4.79 Å². The Morgan fingerprint density at radius 2 is 2.09 bits per heavy atom. The minimum atomic E-state index is -1.20. The summed E-state index contributed by atoms with van der Waals surface area (Å²) in [4.78, 5) is 10.7. The lowest BCUT2D eigenvalue weighted by molar-refractivity contribution is -0.154. The van der Waals surface area contributed by atoms with Gasteiger partial charge in [-0.25, -0.2) is 4.79 Å². The molecular formula is C7H14O4. The van der Waals surface area contributed by atoms with Crippen molar-refractivity contribution in [3.05, 3.63) is 0 Å². The van der Waals surface area contributed by atoms with Gasteiger partial charge in [0.05, 0.1) is 12.7 Å². The summed E-state index contributed by atoms with van der Waals surface area (Å²) in [6.45, 7) is 3.41. The van der Waals surface area contributed by atoms with Crippen LogP contribution in [0.5, 0.6) is 0 Å². The molecule has 0 aromatic heterocycles. The minimum absolute atomic E-state index is 0.0266. The molecule has 0 aliphatic heterocycles. The molecular weight excluding hydrogens is 148 g/mol. The van der Waals surface area contributed by atoms with Gasteiger partial charge in [0.1, 0.15) is 0 Å². The van der Waals surface area contributed by atoms with Crippen LogP contribution in [-0.2, 0) is 9.53 Å². The summed E-state index contributed by atoms with van der Waals surface area (Å²) in [6.07, 6.45) is -1.86. The Labute approximate surface area is 65.8 Å². The number of aliphatic hydroxyl groups is 2. The fraction of sp³-hybridized carbons (Fsp3) is 0.857. The third-order valence-corrected chi connectivity index (χ3v) is 1.12. The van der Waals surface area contributed by atoms with Crippen molar-refractivity contribution in [2.24, 2.45) is 0 Å². The van der Waals surface area contributed by atoms with Gasteiger partial charge in [-0.1, -0.05) is 0 Å². The third kappa shape index (κ3) is 4.75. The molecule has 0 rings (SSSR count). The first-order chi connectivity index (χ1) is 5.07. The molecule has 0 unspecified atom stereocenters. The molecule has 0 bridgehead atoms. The van der Waals surface area contributed by atoms with Gasteiger partial charge < -0.3 is 14.9 Å². The maximum atomic E-state index is 10.7. The van der Waals surface area contributed by atoms with E-state index in [1.165, 1.54) is 6.92 Å². The van der Waals surface area contributed by atoms with Gasteiger partial charge >= 0.3 is 5.97 Å². The fourth-order valence-electron chi connectivity index (χ4n) is 0.658. The van der Waals surface area contributed by atoms with Crippen molar-refractivity contribution in [1.82, 2.24) is 0 Å². The van der Waals surface area contributed by atoms with E-state index in [0.717, 1.165) is 0 Å². The summed E-state index contributed by atoms with van der Waals surface area (Å²) in [7, 11) is 0. The van der Waals surface area contributed by atoms with Crippen molar-refractivity contribution >= 4 is 5.97 Å². The highest BCUT2D eigenvalue weighted by Crippen LogP contribution is 1.99. The summed E-state index contributed by atoms with van der Waals surface area (Å²) in [5.74, 6) is -0.673. The Balaban J connectivity index is 3.64. The normalized spacial score (nSPS) is 15.6. The number of rotatable bonds is 4. The summed E-state index contributed by atoms with van der Waals surface area (Å²) in [5.41, 5.74) is 0. The van der Waals surface area contributed by atoms with E-state index >= 15 is 0 Å². The summed E-state index contributed by atoms with van der Waals surface area (Å²) in [6, 6.07) is 0. The maximum Gasteiger partial charge on any atom is 0.335 e. The molecule has 2 N–H and O–H groups in total. The monoisotopic (exact) mass is 162 g/mol. The van der Waals surface area contributed by atoms with Crippen molar-refractivity contribution in [3.63, 3.8) is 0 Å². The summed E-state index contributed by atoms with van der Waals surface area (Å²) >= 11 is 0. The molecule has 0 spiro atoms. The molecule has 0 saturated heterocycles. The van der Waals surface area contributed by atoms with Gasteiger partial charge in [0, 0.05) is 6.42 Å². The molecule has 0 radical (unpaired) electrons. The SMILES string of the molecule is CCOC(=O)[C@H](O)C[C@@H](C)O. The second-order valence-electron chi connectivity index (χ2n) is 2.35. The number of aliphatic hydroxyl groups excluding tert-OH is 2. The lowest BCUT2D eigenvalue weighted by atomic mass is 10.2. The average molecular weight is 162 g/mol. The predicted octanol–water partition coefficient (Wildman–Crippen LogP) is -0.319. The van der Waals surface area contributed by atoms with Crippen LogP contribution in [0.25, 0.3) is 0 Å². The zero-order valence-corrected chi connectivity index (χ0v) is 6.78. The van der Waals surface area contributed by atoms with E-state index in [0.29, 0.717) is 0 Å². The highest BCUT2D eigenvalue weighted by Gasteiger charge is 2.17. The van der Waals surface area contributed by atoms with Crippen molar-refractivity contribution in [3.8, 4) is 0 Å². The Morgan fingerprint density at radius 1 is 1.55 bits per heavy atom. The van der Waals surface area contributed by atoms with E-state index in [-0.39, 0.29) is 13.0 Å². The molecule has 4 heteroatoms. The molecule has 11 heavy (non-hydrogen) atoms. The lowest BCUT2D eigenvalue weighted by Crippen LogP contribution is -2.26. The van der Waals surface area contributed by atoms with Gasteiger partial charge in [-0.15, -0.1) is 0 Å². The van der Waals surface area contributed by atoms with E-state index in [1.807, 2.05) is 0 Å².